The minimum Gasteiger partial charge on any atom is -0.323 e. The second kappa shape index (κ2) is 6.53. The van der Waals surface area contributed by atoms with Crippen LogP contribution < -0.4 is 5.73 Å². The van der Waals surface area contributed by atoms with Crippen molar-refractivity contribution in [3.8, 4) is 0 Å². The molecule has 3 nitrogen and oxygen atoms in total. The van der Waals surface area contributed by atoms with Crippen molar-refractivity contribution in [3.63, 3.8) is 0 Å². The van der Waals surface area contributed by atoms with Crippen molar-refractivity contribution < 1.29 is 8.42 Å². The Morgan fingerprint density at radius 3 is 2.00 bits per heavy atom. The predicted octanol–water partition coefficient (Wildman–Crippen LogP) is 2.71. The lowest BCUT2D eigenvalue weighted by Crippen LogP contribution is -2.26. The summed E-state index contributed by atoms with van der Waals surface area (Å²) in [6.45, 7) is 7.73. The van der Waals surface area contributed by atoms with Crippen LogP contribution in [0.2, 0.25) is 0 Å². The van der Waals surface area contributed by atoms with Crippen molar-refractivity contribution in [3.05, 3.63) is 35.4 Å². The van der Waals surface area contributed by atoms with Crippen molar-refractivity contribution in [1.82, 2.24) is 0 Å². The molecule has 0 amide bonds. The van der Waals surface area contributed by atoms with Gasteiger partial charge in [-0.3, -0.25) is 0 Å². The molecular weight excluding hydrogens is 258 g/mol. The zero-order valence-corrected chi connectivity index (χ0v) is 13.1. The first kappa shape index (κ1) is 16.2. The maximum atomic E-state index is 11.8. The number of hydrogen-bond acceptors (Lipinski definition) is 3. The highest BCUT2D eigenvalue weighted by Crippen LogP contribution is 2.17. The molecule has 1 rings (SSSR count). The van der Waals surface area contributed by atoms with Crippen LogP contribution in [-0.2, 0) is 16.3 Å². The Balaban J connectivity index is 2.76. The third-order valence-corrected chi connectivity index (χ3v) is 5.44. The fraction of sp³-hybridized carbons (Fsp3) is 0.600. The second-order valence-electron chi connectivity index (χ2n) is 5.82. The van der Waals surface area contributed by atoms with E-state index < -0.39 is 15.9 Å². The summed E-state index contributed by atoms with van der Waals surface area (Å²) in [4.78, 5) is 0. The van der Waals surface area contributed by atoms with E-state index in [-0.39, 0.29) is 11.0 Å². The smallest absolute Gasteiger partial charge is 0.154 e. The van der Waals surface area contributed by atoms with Crippen LogP contribution in [0, 0.1) is 5.92 Å². The van der Waals surface area contributed by atoms with Gasteiger partial charge in [0.25, 0.3) is 0 Å². The molecule has 0 aliphatic rings. The third-order valence-electron chi connectivity index (χ3n) is 3.18. The summed E-state index contributed by atoms with van der Waals surface area (Å²) in [7, 11) is -3.10. The molecule has 0 aliphatic carbocycles. The molecule has 108 valence electrons. The van der Waals surface area contributed by atoms with Crippen molar-refractivity contribution in [1.29, 1.82) is 0 Å². The van der Waals surface area contributed by atoms with E-state index >= 15 is 0 Å². The van der Waals surface area contributed by atoms with Crippen LogP contribution in [0.5, 0.6) is 0 Å². The van der Waals surface area contributed by atoms with E-state index in [1.165, 1.54) is 5.56 Å². The van der Waals surface area contributed by atoms with E-state index in [0.29, 0.717) is 5.92 Å². The lowest BCUT2D eigenvalue weighted by Gasteiger charge is -2.15. The fourth-order valence-corrected chi connectivity index (χ4v) is 2.99. The van der Waals surface area contributed by atoms with Gasteiger partial charge in [-0.1, -0.05) is 38.1 Å². The van der Waals surface area contributed by atoms with Crippen LogP contribution >= 0.6 is 0 Å². The molecule has 0 saturated heterocycles. The monoisotopic (exact) mass is 283 g/mol. The van der Waals surface area contributed by atoms with E-state index in [2.05, 4.69) is 13.8 Å². The summed E-state index contributed by atoms with van der Waals surface area (Å²) in [5.74, 6) is 0.620. The van der Waals surface area contributed by atoms with Gasteiger partial charge in [-0.2, -0.15) is 0 Å². The van der Waals surface area contributed by atoms with Gasteiger partial charge in [-0.05, 0) is 37.3 Å². The SMILES string of the molecule is CC(C)Cc1ccc(C(N)CS(=O)(=O)C(C)C)cc1. The minimum absolute atomic E-state index is 0.00813. The van der Waals surface area contributed by atoms with Crippen molar-refractivity contribution >= 4 is 9.84 Å². The topological polar surface area (TPSA) is 60.2 Å². The molecule has 0 heterocycles. The highest BCUT2D eigenvalue weighted by Gasteiger charge is 2.21. The second-order valence-corrected chi connectivity index (χ2v) is 8.43. The molecule has 0 aliphatic heterocycles. The number of rotatable bonds is 6. The highest BCUT2D eigenvalue weighted by atomic mass is 32.2. The first-order valence-electron chi connectivity index (χ1n) is 6.78. The summed E-state index contributed by atoms with van der Waals surface area (Å²) >= 11 is 0. The maximum Gasteiger partial charge on any atom is 0.154 e. The zero-order chi connectivity index (χ0) is 14.6. The number of hydrogen-bond donors (Lipinski definition) is 1. The standard InChI is InChI=1S/C15H25NO2S/c1-11(2)9-13-5-7-14(8-6-13)15(16)10-19(17,18)12(3)4/h5-8,11-12,15H,9-10,16H2,1-4H3. The molecule has 1 atom stereocenters. The van der Waals surface area contributed by atoms with Crippen LogP contribution in [0.3, 0.4) is 0 Å². The van der Waals surface area contributed by atoms with E-state index in [0.717, 1.165) is 12.0 Å². The van der Waals surface area contributed by atoms with Crippen LogP contribution in [0.1, 0.15) is 44.9 Å². The van der Waals surface area contributed by atoms with Gasteiger partial charge < -0.3 is 5.73 Å². The average Bonchev–Trinajstić information content (AvgIpc) is 2.28. The van der Waals surface area contributed by atoms with E-state index in [4.69, 9.17) is 5.73 Å². The molecule has 0 spiro atoms. The largest absolute Gasteiger partial charge is 0.323 e. The van der Waals surface area contributed by atoms with Crippen molar-refractivity contribution in [2.24, 2.45) is 11.7 Å². The molecule has 4 heteroatoms. The Bertz CT molecular complexity index is 489. The summed E-state index contributed by atoms with van der Waals surface area (Å²) in [6, 6.07) is 7.52. The molecule has 0 radical (unpaired) electrons. The zero-order valence-electron chi connectivity index (χ0n) is 12.3. The van der Waals surface area contributed by atoms with E-state index in [1.54, 1.807) is 13.8 Å². The van der Waals surface area contributed by atoms with Crippen LogP contribution in [0.25, 0.3) is 0 Å². The van der Waals surface area contributed by atoms with Gasteiger partial charge in [-0.15, -0.1) is 0 Å². The van der Waals surface area contributed by atoms with Crippen molar-refractivity contribution in [2.75, 3.05) is 5.75 Å². The van der Waals surface area contributed by atoms with Crippen LogP contribution in [-0.4, -0.2) is 19.4 Å². The van der Waals surface area contributed by atoms with Crippen LogP contribution in [0.4, 0.5) is 0 Å². The van der Waals surface area contributed by atoms with Gasteiger partial charge in [0.1, 0.15) is 0 Å². The summed E-state index contributed by atoms with van der Waals surface area (Å²) in [5.41, 5.74) is 8.14. The Hall–Kier alpha value is -0.870. The maximum absolute atomic E-state index is 11.8. The molecular formula is C15H25NO2S. The Morgan fingerprint density at radius 2 is 1.58 bits per heavy atom. The minimum atomic E-state index is -3.10. The summed E-state index contributed by atoms with van der Waals surface area (Å²) < 4.78 is 23.7. The Morgan fingerprint density at radius 1 is 1.05 bits per heavy atom. The molecule has 0 aromatic heterocycles. The highest BCUT2D eigenvalue weighted by molar-refractivity contribution is 7.92. The van der Waals surface area contributed by atoms with Gasteiger partial charge in [0.05, 0.1) is 11.0 Å². The van der Waals surface area contributed by atoms with Crippen molar-refractivity contribution in [2.45, 2.75) is 45.4 Å². The molecule has 19 heavy (non-hydrogen) atoms. The first-order chi connectivity index (χ1) is 8.72. The molecule has 0 saturated carbocycles. The molecule has 1 unspecified atom stereocenters. The van der Waals surface area contributed by atoms with Gasteiger partial charge in [0, 0.05) is 6.04 Å². The van der Waals surface area contributed by atoms with Gasteiger partial charge in [0.2, 0.25) is 0 Å². The Kier molecular flexibility index (Phi) is 5.56. The normalized spacial score (nSPS) is 14.1. The van der Waals surface area contributed by atoms with Gasteiger partial charge in [-0.25, -0.2) is 8.42 Å². The number of sulfone groups is 1. The van der Waals surface area contributed by atoms with Gasteiger partial charge in [0.15, 0.2) is 9.84 Å². The molecule has 1 aromatic rings. The lowest BCUT2D eigenvalue weighted by atomic mass is 10.0. The summed E-state index contributed by atoms with van der Waals surface area (Å²) in [5, 5.41) is -0.376. The summed E-state index contributed by atoms with van der Waals surface area (Å²) in [6.07, 6.45) is 1.03. The van der Waals surface area contributed by atoms with Crippen LogP contribution in [0.15, 0.2) is 24.3 Å². The first-order valence-corrected chi connectivity index (χ1v) is 8.50. The third kappa shape index (κ3) is 4.96. The lowest BCUT2D eigenvalue weighted by molar-refractivity contribution is 0.580. The van der Waals surface area contributed by atoms with Gasteiger partial charge >= 0.3 is 0 Å². The average molecular weight is 283 g/mol. The predicted molar refractivity (Wildman–Crippen MR) is 80.8 cm³/mol. The Labute approximate surface area is 117 Å². The van der Waals surface area contributed by atoms with E-state index in [1.807, 2.05) is 24.3 Å². The molecule has 0 fully saturated rings. The van der Waals surface area contributed by atoms with E-state index in [9.17, 15) is 8.42 Å². The molecule has 1 aromatic carbocycles. The number of benzene rings is 1. The molecule has 2 N–H and O–H groups in total. The fourth-order valence-electron chi connectivity index (χ4n) is 1.91. The molecule has 0 bridgehead atoms. The quantitative estimate of drug-likeness (QED) is 0.873. The number of nitrogens with two attached hydrogens (primary N) is 1.